The van der Waals surface area contributed by atoms with Crippen LogP contribution in [0.4, 0.5) is 19.0 Å². The van der Waals surface area contributed by atoms with Gasteiger partial charge in [-0.2, -0.15) is 0 Å². The van der Waals surface area contributed by atoms with Gasteiger partial charge >= 0.3 is 0 Å². The van der Waals surface area contributed by atoms with Crippen LogP contribution >= 0.6 is 0 Å². The number of hydrogen-bond donors (Lipinski definition) is 2. The second-order valence-corrected chi connectivity index (χ2v) is 7.16. The summed E-state index contributed by atoms with van der Waals surface area (Å²) in [4.78, 5) is 21.0. The van der Waals surface area contributed by atoms with Gasteiger partial charge in [0.2, 0.25) is 0 Å². The van der Waals surface area contributed by atoms with Crippen molar-refractivity contribution in [3.8, 4) is 0 Å². The molecule has 1 unspecified atom stereocenters. The molecule has 1 atom stereocenters. The van der Waals surface area contributed by atoms with Crippen molar-refractivity contribution >= 4 is 30.3 Å². The van der Waals surface area contributed by atoms with E-state index in [2.05, 4.69) is 22.2 Å². The molecule has 0 saturated carbocycles. The molecule has 6 nitrogen and oxygen atoms in total. The molecule has 0 bridgehead atoms. The normalized spacial score (nSPS) is 11.6. The fourth-order valence-corrected chi connectivity index (χ4v) is 3.25. The monoisotopic (exact) mass is 590 g/mol. The average Bonchev–Trinajstić information content (AvgIpc) is 2.86. The number of allylic oxidation sites excluding steroid dienone is 1. The maximum atomic E-state index is 14.3. The van der Waals surface area contributed by atoms with Gasteiger partial charge in [0.25, 0.3) is 12.0 Å². The van der Waals surface area contributed by atoms with Gasteiger partial charge in [-0.15, -0.1) is 0 Å². The number of fused-ring (bicyclic) bond motifs is 1. The first kappa shape index (κ1) is 40.2. The number of anilines is 1. The minimum Gasteiger partial charge on any atom is -0.813 e. The van der Waals surface area contributed by atoms with E-state index in [0.717, 1.165) is 6.07 Å². The van der Waals surface area contributed by atoms with E-state index in [1.807, 2.05) is 27.7 Å². The second kappa shape index (κ2) is 18.9. The maximum Gasteiger partial charge on any atom is 0.266 e. The van der Waals surface area contributed by atoms with Gasteiger partial charge in [0, 0.05) is 43.3 Å². The van der Waals surface area contributed by atoms with Gasteiger partial charge in [0.15, 0.2) is 0 Å². The van der Waals surface area contributed by atoms with Crippen LogP contribution in [0.3, 0.4) is 0 Å². The van der Waals surface area contributed by atoms with Crippen LogP contribution in [-0.2, 0) is 51.2 Å². The third-order valence-electron chi connectivity index (χ3n) is 4.99. The number of alkyl halides is 2. The van der Waals surface area contributed by atoms with Gasteiger partial charge in [0.05, 0.1) is 10.9 Å². The molecular formula is C27H38F3N4O2SV-3. The number of nitrogens with zero attached hydrogens (tertiary/aromatic N) is 3. The van der Waals surface area contributed by atoms with Crippen LogP contribution in [0.1, 0.15) is 64.2 Å². The van der Waals surface area contributed by atoms with Crippen molar-refractivity contribution in [3.63, 3.8) is 0 Å². The largest absolute Gasteiger partial charge is 0.813 e. The SMILES string of the molecule is CC.CC.[CH2-]C(O)(C/C=C/C)c1cc2c(NCc3cccc(C(F)F)c3F)ncnc2n(C)c1=O.[CH3-].[SH-].[V]. The number of aliphatic hydroxyl groups is 1. The number of halogens is 3. The fourth-order valence-electron chi connectivity index (χ4n) is 3.25. The van der Waals surface area contributed by atoms with Gasteiger partial charge in [0.1, 0.15) is 23.6 Å². The van der Waals surface area contributed by atoms with Gasteiger partial charge < -0.3 is 38.3 Å². The average molecular weight is 591 g/mol. The molecule has 0 aliphatic heterocycles. The summed E-state index contributed by atoms with van der Waals surface area (Å²) in [5, 5.41) is 14.0. The Bertz CT molecular complexity index is 1200. The zero-order chi connectivity index (χ0) is 26.8. The first-order chi connectivity index (χ1) is 16.7. The van der Waals surface area contributed by atoms with Crippen LogP contribution in [-0.4, -0.2) is 19.6 Å². The number of pyridine rings is 1. The smallest absolute Gasteiger partial charge is 0.266 e. The van der Waals surface area contributed by atoms with Gasteiger partial charge in [-0.1, -0.05) is 58.0 Å². The molecule has 0 aliphatic carbocycles. The molecule has 3 aromatic rings. The quantitative estimate of drug-likeness (QED) is 0.147. The molecule has 0 amide bonds. The minimum atomic E-state index is -2.93. The summed E-state index contributed by atoms with van der Waals surface area (Å²) in [5.41, 5.74) is -2.45. The number of nitrogens with one attached hydrogen (secondary N) is 1. The zero-order valence-electron chi connectivity index (χ0n) is 23.0. The Morgan fingerprint density at radius 1 is 1.21 bits per heavy atom. The topological polar surface area (TPSA) is 80.0 Å². The molecule has 0 aliphatic rings. The number of hydrogen-bond acceptors (Lipinski definition) is 6. The predicted molar refractivity (Wildman–Crippen MR) is 150 cm³/mol. The summed E-state index contributed by atoms with van der Waals surface area (Å²) in [6.45, 7) is 13.4. The molecule has 1 radical (unpaired) electrons. The second-order valence-electron chi connectivity index (χ2n) is 7.16. The van der Waals surface area contributed by atoms with Crippen LogP contribution in [0.25, 0.3) is 11.0 Å². The van der Waals surface area contributed by atoms with E-state index in [0.29, 0.717) is 5.39 Å². The molecule has 1 aromatic carbocycles. The number of aryl methyl sites for hydroxylation is 1. The maximum absolute atomic E-state index is 14.3. The number of thiol groups is 1. The molecule has 2 heterocycles. The molecule has 0 fully saturated rings. The van der Waals surface area contributed by atoms with Crippen molar-refractivity contribution in [1.29, 1.82) is 0 Å². The summed E-state index contributed by atoms with van der Waals surface area (Å²) in [6, 6.07) is 5.23. The van der Waals surface area contributed by atoms with Crippen LogP contribution in [0.15, 0.2) is 47.5 Å². The zero-order valence-corrected chi connectivity index (χ0v) is 25.3. The van der Waals surface area contributed by atoms with E-state index in [-0.39, 0.29) is 75.0 Å². The van der Waals surface area contributed by atoms with Crippen molar-refractivity contribution in [3.05, 3.63) is 90.0 Å². The summed E-state index contributed by atoms with van der Waals surface area (Å²) >= 11 is 0. The van der Waals surface area contributed by atoms with E-state index in [9.17, 15) is 23.1 Å². The predicted octanol–water partition coefficient (Wildman–Crippen LogP) is 6.24. The van der Waals surface area contributed by atoms with Crippen molar-refractivity contribution in [2.24, 2.45) is 7.05 Å². The molecule has 0 saturated heterocycles. The Balaban J connectivity index is -0.00000167. The van der Waals surface area contributed by atoms with Gasteiger partial charge in [-0.3, -0.25) is 9.36 Å². The van der Waals surface area contributed by atoms with Crippen molar-refractivity contribution in [2.45, 2.75) is 59.6 Å². The number of aromatic nitrogens is 3. The van der Waals surface area contributed by atoms with Crippen LogP contribution in [0.5, 0.6) is 0 Å². The molecule has 38 heavy (non-hydrogen) atoms. The molecule has 11 heteroatoms. The van der Waals surface area contributed by atoms with Crippen LogP contribution in [0.2, 0.25) is 0 Å². The molecule has 213 valence electrons. The Hall–Kier alpha value is -2.27. The minimum absolute atomic E-state index is 0. The van der Waals surface area contributed by atoms with Gasteiger partial charge in [-0.05, 0) is 25.0 Å². The van der Waals surface area contributed by atoms with Gasteiger partial charge in [-0.25, -0.2) is 23.1 Å². The van der Waals surface area contributed by atoms with Crippen LogP contribution in [0, 0.1) is 20.2 Å². The fraction of sp³-hybridized carbons (Fsp3) is 0.370. The summed E-state index contributed by atoms with van der Waals surface area (Å²) in [6.07, 6.45) is 1.84. The molecular weight excluding hydrogens is 552 g/mol. The first-order valence-corrected chi connectivity index (χ1v) is 11.5. The van der Waals surface area contributed by atoms with Crippen LogP contribution < -0.4 is 10.9 Å². The Kier molecular flexibility index (Phi) is 20.0. The Morgan fingerprint density at radius 2 is 1.82 bits per heavy atom. The third-order valence-corrected chi connectivity index (χ3v) is 4.99. The number of rotatable bonds is 7. The van der Waals surface area contributed by atoms with E-state index in [4.69, 9.17) is 0 Å². The third kappa shape index (κ3) is 9.48. The van der Waals surface area contributed by atoms with E-state index < -0.39 is 29.0 Å². The molecule has 3 rings (SSSR count). The molecule has 2 aromatic heterocycles. The van der Waals surface area contributed by atoms with Crippen molar-refractivity contribution in [2.75, 3.05) is 5.32 Å². The molecule has 2 N–H and O–H groups in total. The summed E-state index contributed by atoms with van der Waals surface area (Å²) < 4.78 is 41.5. The van der Waals surface area contributed by atoms with Crippen molar-refractivity contribution in [1.82, 2.24) is 14.5 Å². The summed E-state index contributed by atoms with van der Waals surface area (Å²) in [7, 11) is 1.50. The summed E-state index contributed by atoms with van der Waals surface area (Å²) in [5.74, 6) is -0.736. The van der Waals surface area contributed by atoms with E-state index in [1.165, 1.54) is 36.1 Å². The standard InChI is InChI=1S/C22H22F3N4O2.2C2H6.CH3.H2S.V/c1-4-5-9-22(2,31)16-10-15-19(27-12-28-20(15)29(3)21(16)30)26-11-13-7-6-8-14(17(13)23)18(24)25;2*1-2;;;/h4-8,10,12,18,31H,2,9,11H2,1,3H3,(H,26,27,28);2*1-2H3;1H3;1H2;/q-1;;;-1;;/p-1/b5-4+;;;;;. The first-order valence-electron chi connectivity index (χ1n) is 11.5. The Labute approximate surface area is 243 Å². The Morgan fingerprint density at radius 3 is 2.37 bits per heavy atom. The number of benzene rings is 1. The van der Waals surface area contributed by atoms with Crippen molar-refractivity contribution < 1.29 is 36.8 Å². The van der Waals surface area contributed by atoms with E-state index in [1.54, 1.807) is 19.1 Å². The van der Waals surface area contributed by atoms with E-state index >= 15 is 0 Å². The molecule has 0 spiro atoms.